The maximum absolute atomic E-state index is 12.4. The van der Waals surface area contributed by atoms with E-state index in [2.05, 4.69) is 10.3 Å². The zero-order chi connectivity index (χ0) is 14.5. The van der Waals surface area contributed by atoms with Gasteiger partial charge >= 0.3 is 0 Å². The Labute approximate surface area is 128 Å². The molecule has 1 atom stereocenters. The van der Waals surface area contributed by atoms with Crippen molar-refractivity contribution in [2.75, 3.05) is 13.2 Å². The summed E-state index contributed by atoms with van der Waals surface area (Å²) in [7, 11) is 0. The fourth-order valence-electron chi connectivity index (χ4n) is 2.70. The van der Waals surface area contributed by atoms with Crippen LogP contribution >= 0.6 is 11.3 Å². The highest BCUT2D eigenvalue weighted by Gasteiger charge is 2.27. The van der Waals surface area contributed by atoms with E-state index in [0.717, 1.165) is 37.2 Å². The van der Waals surface area contributed by atoms with E-state index in [9.17, 15) is 4.79 Å². The van der Waals surface area contributed by atoms with Crippen molar-refractivity contribution in [3.63, 3.8) is 0 Å². The summed E-state index contributed by atoms with van der Waals surface area (Å²) in [5.74, 6) is 0.377. The number of pyridine rings is 1. The van der Waals surface area contributed by atoms with Gasteiger partial charge in [0.05, 0.1) is 11.6 Å². The van der Waals surface area contributed by atoms with Gasteiger partial charge in [0, 0.05) is 31.0 Å². The molecule has 1 fully saturated rings. The van der Waals surface area contributed by atoms with Crippen molar-refractivity contribution in [2.45, 2.75) is 18.9 Å². The lowest BCUT2D eigenvalue weighted by molar-refractivity contribution is 0.0513. The number of carbonyl (C=O) groups excluding carboxylic acids is 1. The van der Waals surface area contributed by atoms with E-state index in [1.54, 1.807) is 6.20 Å². The normalized spacial score (nSPS) is 17.3. The van der Waals surface area contributed by atoms with Gasteiger partial charge in [0.2, 0.25) is 0 Å². The molecule has 110 valence electrons. The third-order valence-electron chi connectivity index (χ3n) is 3.85. The van der Waals surface area contributed by atoms with Crippen molar-refractivity contribution < 1.29 is 9.53 Å². The largest absolute Gasteiger partial charge is 0.381 e. The second-order valence-corrected chi connectivity index (χ2v) is 5.98. The fraction of sp³-hybridized carbons (Fsp3) is 0.375. The standard InChI is InChI=1S/C16H18N2O2S/c19-16(14-5-9-21-11-14)18-15(12-3-7-20-8-4-12)13-2-1-6-17-10-13/h1-2,5-6,9-12,15H,3-4,7-8H2,(H,18,19)/t15-/m1/s1. The van der Waals surface area contributed by atoms with E-state index in [-0.39, 0.29) is 11.9 Å². The Morgan fingerprint density at radius 1 is 1.38 bits per heavy atom. The van der Waals surface area contributed by atoms with Crippen molar-refractivity contribution in [3.8, 4) is 0 Å². The summed E-state index contributed by atoms with van der Waals surface area (Å²) in [4.78, 5) is 16.6. The molecule has 0 aromatic carbocycles. The fourth-order valence-corrected chi connectivity index (χ4v) is 3.34. The van der Waals surface area contributed by atoms with Crippen LogP contribution in [0.25, 0.3) is 0 Å². The molecule has 1 amide bonds. The van der Waals surface area contributed by atoms with Crippen LogP contribution in [0.15, 0.2) is 41.4 Å². The van der Waals surface area contributed by atoms with Gasteiger partial charge in [-0.15, -0.1) is 0 Å². The van der Waals surface area contributed by atoms with Gasteiger partial charge in [-0.1, -0.05) is 6.07 Å². The first-order valence-electron chi connectivity index (χ1n) is 7.15. The first-order valence-corrected chi connectivity index (χ1v) is 8.09. The summed E-state index contributed by atoms with van der Waals surface area (Å²) in [6, 6.07) is 5.79. The Morgan fingerprint density at radius 3 is 2.90 bits per heavy atom. The average Bonchev–Trinajstić information content (AvgIpc) is 3.09. The molecule has 21 heavy (non-hydrogen) atoms. The Morgan fingerprint density at radius 2 is 2.24 bits per heavy atom. The van der Waals surface area contributed by atoms with Gasteiger partial charge in [0.1, 0.15) is 0 Å². The Hall–Kier alpha value is -1.72. The van der Waals surface area contributed by atoms with Crippen molar-refractivity contribution in [3.05, 3.63) is 52.5 Å². The number of aromatic nitrogens is 1. The lowest BCUT2D eigenvalue weighted by Gasteiger charge is -2.31. The highest BCUT2D eigenvalue weighted by molar-refractivity contribution is 7.08. The lowest BCUT2D eigenvalue weighted by Crippen LogP contribution is -2.36. The van der Waals surface area contributed by atoms with E-state index >= 15 is 0 Å². The molecule has 0 bridgehead atoms. The van der Waals surface area contributed by atoms with E-state index in [4.69, 9.17) is 4.74 Å². The first-order chi connectivity index (χ1) is 10.3. The predicted molar refractivity (Wildman–Crippen MR) is 82.3 cm³/mol. The van der Waals surface area contributed by atoms with Crippen LogP contribution in [0, 0.1) is 5.92 Å². The number of nitrogens with zero attached hydrogens (tertiary/aromatic N) is 1. The maximum atomic E-state index is 12.4. The van der Waals surface area contributed by atoms with E-state index in [0.29, 0.717) is 5.92 Å². The van der Waals surface area contributed by atoms with E-state index in [1.165, 1.54) is 11.3 Å². The van der Waals surface area contributed by atoms with Crippen molar-refractivity contribution >= 4 is 17.2 Å². The molecule has 0 spiro atoms. The molecule has 1 N–H and O–H groups in total. The monoisotopic (exact) mass is 302 g/mol. The molecule has 2 aromatic heterocycles. The molecule has 0 saturated carbocycles. The SMILES string of the molecule is O=C(N[C@@H](c1cccnc1)C1CCOCC1)c1ccsc1. The molecule has 1 aliphatic rings. The smallest absolute Gasteiger partial charge is 0.252 e. The molecule has 1 aliphatic heterocycles. The molecule has 5 heteroatoms. The van der Waals surface area contributed by atoms with Gasteiger partial charge in [-0.3, -0.25) is 9.78 Å². The van der Waals surface area contributed by atoms with Gasteiger partial charge in [-0.05, 0) is 41.8 Å². The number of amides is 1. The van der Waals surface area contributed by atoms with Crippen molar-refractivity contribution in [1.29, 1.82) is 0 Å². The summed E-state index contributed by atoms with van der Waals surface area (Å²) in [6.07, 6.45) is 5.52. The lowest BCUT2D eigenvalue weighted by atomic mass is 9.87. The van der Waals surface area contributed by atoms with Crippen LogP contribution in [0.2, 0.25) is 0 Å². The van der Waals surface area contributed by atoms with Crippen LogP contribution < -0.4 is 5.32 Å². The Kier molecular flexibility index (Phi) is 4.62. The first kappa shape index (κ1) is 14.2. The number of hydrogen-bond acceptors (Lipinski definition) is 4. The molecule has 2 aromatic rings. The Balaban J connectivity index is 1.80. The summed E-state index contributed by atoms with van der Waals surface area (Å²) in [5.41, 5.74) is 1.79. The molecule has 0 aliphatic carbocycles. The van der Waals surface area contributed by atoms with Crippen LogP contribution in [0.1, 0.15) is 34.8 Å². The minimum absolute atomic E-state index is 0.00463. The minimum Gasteiger partial charge on any atom is -0.381 e. The highest BCUT2D eigenvalue weighted by atomic mass is 32.1. The van der Waals surface area contributed by atoms with Gasteiger partial charge < -0.3 is 10.1 Å². The molecule has 0 radical (unpaired) electrons. The van der Waals surface area contributed by atoms with Crippen LogP contribution in [-0.4, -0.2) is 24.1 Å². The van der Waals surface area contributed by atoms with Gasteiger partial charge in [0.15, 0.2) is 0 Å². The van der Waals surface area contributed by atoms with Crippen LogP contribution in [-0.2, 0) is 4.74 Å². The maximum Gasteiger partial charge on any atom is 0.252 e. The number of carbonyl (C=O) groups is 1. The number of nitrogens with one attached hydrogen (secondary N) is 1. The zero-order valence-electron chi connectivity index (χ0n) is 11.7. The molecule has 3 heterocycles. The third-order valence-corrected chi connectivity index (χ3v) is 4.53. The summed E-state index contributed by atoms with van der Waals surface area (Å²) in [5, 5.41) is 6.97. The van der Waals surface area contributed by atoms with Crippen molar-refractivity contribution in [1.82, 2.24) is 10.3 Å². The number of rotatable bonds is 4. The highest BCUT2D eigenvalue weighted by Crippen LogP contribution is 2.30. The van der Waals surface area contributed by atoms with E-state index < -0.39 is 0 Å². The number of ether oxygens (including phenoxy) is 1. The van der Waals surface area contributed by atoms with Crippen LogP contribution in [0.5, 0.6) is 0 Å². The minimum atomic E-state index is -0.0170. The van der Waals surface area contributed by atoms with Gasteiger partial charge in [-0.2, -0.15) is 11.3 Å². The summed E-state index contributed by atoms with van der Waals surface area (Å²) in [6.45, 7) is 1.52. The third kappa shape index (κ3) is 3.49. The molecular formula is C16H18N2O2S. The molecular weight excluding hydrogens is 284 g/mol. The second-order valence-electron chi connectivity index (χ2n) is 5.20. The second kappa shape index (κ2) is 6.83. The number of hydrogen-bond donors (Lipinski definition) is 1. The predicted octanol–water partition coefficient (Wildman–Crippen LogP) is 3.04. The molecule has 1 saturated heterocycles. The van der Waals surface area contributed by atoms with Crippen LogP contribution in [0.4, 0.5) is 0 Å². The average molecular weight is 302 g/mol. The quantitative estimate of drug-likeness (QED) is 0.944. The zero-order valence-corrected chi connectivity index (χ0v) is 12.5. The topological polar surface area (TPSA) is 51.2 Å². The van der Waals surface area contributed by atoms with Crippen LogP contribution in [0.3, 0.4) is 0 Å². The molecule has 0 unspecified atom stereocenters. The summed E-state index contributed by atoms with van der Waals surface area (Å²) >= 11 is 1.53. The number of thiophene rings is 1. The Bertz CT molecular complexity index is 565. The van der Waals surface area contributed by atoms with Gasteiger partial charge in [0.25, 0.3) is 5.91 Å². The molecule has 4 nitrogen and oxygen atoms in total. The van der Waals surface area contributed by atoms with Gasteiger partial charge in [-0.25, -0.2) is 0 Å². The van der Waals surface area contributed by atoms with Crippen molar-refractivity contribution in [2.24, 2.45) is 5.92 Å². The molecule has 3 rings (SSSR count). The van der Waals surface area contributed by atoms with E-state index in [1.807, 2.05) is 35.2 Å². The summed E-state index contributed by atoms with van der Waals surface area (Å²) < 4.78 is 5.44.